The minimum Gasteiger partial charge on any atom is -0.371 e. The van der Waals surface area contributed by atoms with E-state index in [0.29, 0.717) is 5.41 Å². The summed E-state index contributed by atoms with van der Waals surface area (Å²) in [6.07, 6.45) is 1.27. The van der Waals surface area contributed by atoms with E-state index in [2.05, 4.69) is 50.0 Å². The van der Waals surface area contributed by atoms with E-state index in [1.54, 1.807) is 0 Å². The quantitative estimate of drug-likeness (QED) is 0.889. The van der Waals surface area contributed by atoms with Gasteiger partial charge in [0.25, 0.3) is 0 Å². The van der Waals surface area contributed by atoms with Crippen LogP contribution in [0.5, 0.6) is 0 Å². The maximum Gasteiger partial charge on any atom is 0.0471 e. The smallest absolute Gasteiger partial charge is 0.0471 e. The summed E-state index contributed by atoms with van der Waals surface area (Å²) >= 11 is 6.40. The topological polar surface area (TPSA) is 15.3 Å². The van der Waals surface area contributed by atoms with Crippen LogP contribution in [0.25, 0.3) is 0 Å². The highest BCUT2D eigenvalue weighted by Gasteiger charge is 2.32. The van der Waals surface area contributed by atoms with E-state index in [0.717, 1.165) is 37.1 Å². The molecule has 1 aromatic carbocycles. The minimum atomic E-state index is 0.384. The molecule has 2 rings (SSSR count). The van der Waals surface area contributed by atoms with Gasteiger partial charge < -0.3 is 10.2 Å². The molecule has 0 aliphatic carbocycles. The first-order valence-electron chi connectivity index (χ1n) is 7.66. The van der Waals surface area contributed by atoms with E-state index in [1.807, 2.05) is 6.07 Å². The van der Waals surface area contributed by atoms with E-state index in [4.69, 9.17) is 11.6 Å². The molecule has 3 heteroatoms. The molecule has 0 saturated carbocycles. The van der Waals surface area contributed by atoms with Crippen LogP contribution in [0.3, 0.4) is 0 Å². The van der Waals surface area contributed by atoms with Crippen LogP contribution in [0.15, 0.2) is 18.2 Å². The zero-order valence-corrected chi connectivity index (χ0v) is 13.9. The van der Waals surface area contributed by atoms with Gasteiger partial charge in [0.15, 0.2) is 0 Å². The van der Waals surface area contributed by atoms with E-state index < -0.39 is 0 Å². The molecule has 1 aromatic rings. The van der Waals surface area contributed by atoms with Crippen LogP contribution in [-0.4, -0.2) is 19.6 Å². The Morgan fingerprint density at radius 1 is 1.35 bits per heavy atom. The highest BCUT2D eigenvalue weighted by molar-refractivity contribution is 6.31. The van der Waals surface area contributed by atoms with E-state index in [9.17, 15) is 0 Å². The van der Waals surface area contributed by atoms with Gasteiger partial charge in [-0.2, -0.15) is 0 Å². The lowest BCUT2D eigenvalue weighted by molar-refractivity contribution is 0.263. The molecule has 0 amide bonds. The fraction of sp³-hybridized carbons (Fsp3) is 0.647. The molecule has 20 heavy (non-hydrogen) atoms. The second-order valence-electron chi connectivity index (χ2n) is 6.82. The van der Waals surface area contributed by atoms with Crippen molar-refractivity contribution in [2.24, 2.45) is 11.3 Å². The lowest BCUT2D eigenvalue weighted by Crippen LogP contribution is -2.27. The molecule has 1 atom stereocenters. The van der Waals surface area contributed by atoms with Crippen molar-refractivity contribution >= 4 is 17.3 Å². The van der Waals surface area contributed by atoms with Gasteiger partial charge in [-0.3, -0.25) is 0 Å². The molecule has 1 aliphatic heterocycles. The molecule has 0 radical (unpaired) electrons. The molecule has 1 aliphatic rings. The van der Waals surface area contributed by atoms with Crippen molar-refractivity contribution in [3.8, 4) is 0 Å². The maximum atomic E-state index is 6.40. The zero-order valence-electron chi connectivity index (χ0n) is 13.2. The zero-order chi connectivity index (χ0) is 14.8. The van der Waals surface area contributed by atoms with Gasteiger partial charge in [0.1, 0.15) is 0 Å². The number of rotatable bonds is 4. The summed E-state index contributed by atoms with van der Waals surface area (Å²) in [6.45, 7) is 13.3. The van der Waals surface area contributed by atoms with Gasteiger partial charge in [0, 0.05) is 35.9 Å². The summed E-state index contributed by atoms with van der Waals surface area (Å²) < 4.78 is 0. The first kappa shape index (κ1) is 15.7. The van der Waals surface area contributed by atoms with Crippen LogP contribution in [-0.2, 0) is 6.54 Å². The predicted molar refractivity (Wildman–Crippen MR) is 88.6 cm³/mol. The molecule has 1 saturated heterocycles. The standard InChI is InChI=1S/C17H27ClN2/c1-5-19-11-14-15(18)7-6-8-16(14)20-10-9-13(12-20)17(2,3)4/h6-8,13,19H,5,9-12H2,1-4H3. The maximum absolute atomic E-state index is 6.40. The van der Waals surface area contributed by atoms with Crippen LogP contribution >= 0.6 is 11.6 Å². The van der Waals surface area contributed by atoms with Gasteiger partial charge in [0.2, 0.25) is 0 Å². The third-order valence-corrected chi connectivity index (χ3v) is 4.75. The summed E-state index contributed by atoms with van der Waals surface area (Å²) in [5.41, 5.74) is 2.94. The fourth-order valence-corrected chi connectivity index (χ4v) is 3.19. The minimum absolute atomic E-state index is 0.384. The van der Waals surface area contributed by atoms with E-state index in [-0.39, 0.29) is 0 Å². The monoisotopic (exact) mass is 294 g/mol. The Balaban J connectivity index is 2.19. The predicted octanol–water partition coefficient (Wildman–Crippen LogP) is 4.32. The van der Waals surface area contributed by atoms with Gasteiger partial charge in [-0.25, -0.2) is 0 Å². The Bertz CT molecular complexity index is 451. The summed E-state index contributed by atoms with van der Waals surface area (Å²) in [5, 5.41) is 4.28. The van der Waals surface area contributed by atoms with Gasteiger partial charge in [-0.05, 0) is 36.4 Å². The van der Waals surface area contributed by atoms with Gasteiger partial charge in [-0.15, -0.1) is 0 Å². The second kappa shape index (κ2) is 6.36. The number of nitrogens with one attached hydrogen (secondary N) is 1. The van der Waals surface area contributed by atoms with Crippen molar-refractivity contribution in [1.29, 1.82) is 0 Å². The van der Waals surface area contributed by atoms with E-state index in [1.165, 1.54) is 17.7 Å². The van der Waals surface area contributed by atoms with Gasteiger partial charge in [-0.1, -0.05) is 45.4 Å². The SMILES string of the molecule is CCNCc1c(Cl)cccc1N1CCC(C(C)(C)C)C1. The van der Waals surface area contributed by atoms with Crippen LogP contribution in [0, 0.1) is 11.3 Å². The highest BCUT2D eigenvalue weighted by Crippen LogP contribution is 2.37. The molecule has 1 N–H and O–H groups in total. The fourth-order valence-electron chi connectivity index (χ4n) is 2.95. The molecular formula is C17H27ClN2. The Kier molecular flexibility index (Phi) is 4.98. The number of halogens is 1. The number of hydrogen-bond donors (Lipinski definition) is 1. The Morgan fingerprint density at radius 2 is 2.10 bits per heavy atom. The number of hydrogen-bond acceptors (Lipinski definition) is 2. The average molecular weight is 295 g/mol. The van der Waals surface area contributed by atoms with Crippen molar-refractivity contribution in [1.82, 2.24) is 5.32 Å². The number of benzene rings is 1. The van der Waals surface area contributed by atoms with Crippen molar-refractivity contribution in [3.63, 3.8) is 0 Å². The molecule has 1 unspecified atom stereocenters. The summed E-state index contributed by atoms with van der Waals surface area (Å²) in [4.78, 5) is 2.51. The lowest BCUT2D eigenvalue weighted by Gasteiger charge is -2.28. The first-order chi connectivity index (χ1) is 9.43. The van der Waals surface area contributed by atoms with Crippen molar-refractivity contribution in [2.45, 2.75) is 40.7 Å². The third-order valence-electron chi connectivity index (χ3n) is 4.40. The normalized spacial score (nSPS) is 19.6. The second-order valence-corrected chi connectivity index (χ2v) is 7.22. The summed E-state index contributed by atoms with van der Waals surface area (Å²) in [5.74, 6) is 0.758. The molecule has 0 aromatic heterocycles. The largest absolute Gasteiger partial charge is 0.371 e. The Morgan fingerprint density at radius 3 is 2.70 bits per heavy atom. The van der Waals surface area contributed by atoms with Crippen LogP contribution in [0.2, 0.25) is 5.02 Å². The Hall–Kier alpha value is -0.730. The Labute approximate surface area is 128 Å². The lowest BCUT2D eigenvalue weighted by atomic mass is 9.80. The van der Waals surface area contributed by atoms with Crippen molar-refractivity contribution < 1.29 is 0 Å². The number of nitrogens with zero attached hydrogens (tertiary/aromatic N) is 1. The molecule has 2 nitrogen and oxygen atoms in total. The molecule has 0 spiro atoms. The van der Waals surface area contributed by atoms with Crippen LogP contribution < -0.4 is 10.2 Å². The molecule has 1 heterocycles. The highest BCUT2D eigenvalue weighted by atomic mass is 35.5. The van der Waals surface area contributed by atoms with Gasteiger partial charge >= 0.3 is 0 Å². The van der Waals surface area contributed by atoms with Crippen molar-refractivity contribution in [2.75, 3.05) is 24.5 Å². The summed E-state index contributed by atoms with van der Waals surface area (Å²) in [7, 11) is 0. The molecule has 1 fully saturated rings. The van der Waals surface area contributed by atoms with Gasteiger partial charge in [0.05, 0.1) is 0 Å². The van der Waals surface area contributed by atoms with Crippen molar-refractivity contribution in [3.05, 3.63) is 28.8 Å². The molecule has 112 valence electrons. The first-order valence-corrected chi connectivity index (χ1v) is 8.04. The third kappa shape index (κ3) is 3.48. The molecule has 0 bridgehead atoms. The van der Waals surface area contributed by atoms with E-state index >= 15 is 0 Å². The van der Waals surface area contributed by atoms with Crippen LogP contribution in [0.4, 0.5) is 5.69 Å². The average Bonchev–Trinajstić information content (AvgIpc) is 2.86. The number of anilines is 1. The molecular weight excluding hydrogens is 268 g/mol. The summed E-state index contributed by atoms with van der Waals surface area (Å²) in [6, 6.07) is 6.27. The van der Waals surface area contributed by atoms with Crippen LogP contribution in [0.1, 0.15) is 39.7 Å².